The lowest BCUT2D eigenvalue weighted by Crippen LogP contribution is -2.15. The predicted octanol–water partition coefficient (Wildman–Crippen LogP) is 2.96. The summed E-state index contributed by atoms with van der Waals surface area (Å²) < 4.78 is 13.2. The Labute approximate surface area is 131 Å². The van der Waals surface area contributed by atoms with Crippen molar-refractivity contribution < 1.29 is 9.18 Å². The van der Waals surface area contributed by atoms with Gasteiger partial charge in [-0.05, 0) is 25.1 Å². The Bertz CT molecular complexity index is 755. The van der Waals surface area contributed by atoms with Crippen LogP contribution in [0.4, 0.5) is 15.9 Å². The van der Waals surface area contributed by atoms with E-state index in [2.05, 4.69) is 32.4 Å². The fourth-order valence-electron chi connectivity index (χ4n) is 1.64. The van der Waals surface area contributed by atoms with Crippen molar-refractivity contribution in [1.29, 1.82) is 0 Å². The van der Waals surface area contributed by atoms with E-state index in [1.165, 1.54) is 24.5 Å². The van der Waals surface area contributed by atoms with E-state index in [0.717, 1.165) is 6.07 Å². The number of rotatable bonds is 4. The summed E-state index contributed by atoms with van der Waals surface area (Å²) in [6.07, 6.45) is 1.27. The van der Waals surface area contributed by atoms with Gasteiger partial charge in [-0.25, -0.2) is 14.4 Å². The van der Waals surface area contributed by atoms with Crippen LogP contribution in [0, 0.1) is 17.7 Å². The van der Waals surface area contributed by atoms with Crippen molar-refractivity contribution in [3.63, 3.8) is 0 Å². The average Bonchev–Trinajstić information content (AvgIpc) is 2.50. The van der Waals surface area contributed by atoms with Crippen molar-refractivity contribution in [3.8, 4) is 11.8 Å². The van der Waals surface area contributed by atoms with Crippen molar-refractivity contribution >= 4 is 29.0 Å². The number of anilines is 2. The Balaban J connectivity index is 2.24. The van der Waals surface area contributed by atoms with Gasteiger partial charge in [0.15, 0.2) is 11.0 Å². The maximum atomic E-state index is 13.2. The summed E-state index contributed by atoms with van der Waals surface area (Å²) in [7, 11) is 0. The van der Waals surface area contributed by atoms with E-state index in [0.29, 0.717) is 12.4 Å². The lowest BCUT2D eigenvalue weighted by Gasteiger charge is -2.11. The molecule has 1 heterocycles. The summed E-state index contributed by atoms with van der Waals surface area (Å²) >= 11 is 5.99. The van der Waals surface area contributed by atoms with Crippen LogP contribution in [0.1, 0.15) is 17.3 Å². The third-order valence-corrected chi connectivity index (χ3v) is 2.93. The first-order valence-corrected chi connectivity index (χ1v) is 6.70. The highest BCUT2D eigenvalue weighted by molar-refractivity contribution is 6.33. The van der Waals surface area contributed by atoms with Gasteiger partial charge >= 0.3 is 0 Å². The normalized spacial score (nSPS) is 9.59. The Morgan fingerprint density at radius 1 is 1.41 bits per heavy atom. The van der Waals surface area contributed by atoms with Crippen LogP contribution in [0.15, 0.2) is 30.6 Å². The molecule has 2 rings (SSSR count). The number of nitrogens with one attached hydrogen (secondary N) is 2. The highest BCUT2D eigenvalue weighted by atomic mass is 35.5. The Morgan fingerprint density at radius 2 is 2.23 bits per heavy atom. The molecular weight excluding hydrogens is 307 g/mol. The molecule has 0 saturated carbocycles. The number of hydrogen-bond donors (Lipinski definition) is 2. The molecule has 5 nitrogen and oxygen atoms in total. The Kier molecular flexibility index (Phi) is 5.28. The molecule has 0 unspecified atom stereocenters. The maximum absolute atomic E-state index is 13.2. The van der Waals surface area contributed by atoms with Crippen LogP contribution in [-0.2, 0) is 0 Å². The Morgan fingerprint density at radius 3 is 2.95 bits per heavy atom. The van der Waals surface area contributed by atoms with Crippen molar-refractivity contribution in [3.05, 3.63) is 47.1 Å². The second-order valence-corrected chi connectivity index (χ2v) is 4.49. The third kappa shape index (κ3) is 3.93. The van der Waals surface area contributed by atoms with Gasteiger partial charge < -0.3 is 10.6 Å². The lowest BCUT2D eigenvalue weighted by molar-refractivity contribution is 0.102. The van der Waals surface area contributed by atoms with E-state index >= 15 is 0 Å². The van der Waals surface area contributed by atoms with E-state index < -0.39 is 11.7 Å². The van der Waals surface area contributed by atoms with Crippen LogP contribution in [0.5, 0.6) is 0 Å². The summed E-state index contributed by atoms with van der Waals surface area (Å²) in [5, 5.41) is 5.58. The predicted molar refractivity (Wildman–Crippen MR) is 83.3 cm³/mol. The molecule has 0 aliphatic rings. The minimum atomic E-state index is -0.513. The Hall–Kier alpha value is -2.65. The second kappa shape index (κ2) is 7.38. The van der Waals surface area contributed by atoms with Gasteiger partial charge in [0, 0.05) is 5.56 Å². The molecule has 0 aliphatic heterocycles. The second-order valence-electron chi connectivity index (χ2n) is 4.13. The van der Waals surface area contributed by atoms with Crippen LogP contribution in [-0.4, -0.2) is 22.4 Å². The van der Waals surface area contributed by atoms with Crippen LogP contribution in [0.25, 0.3) is 0 Å². The van der Waals surface area contributed by atoms with Crippen LogP contribution in [0.2, 0.25) is 5.15 Å². The van der Waals surface area contributed by atoms with Crippen LogP contribution in [0.3, 0.4) is 0 Å². The molecule has 0 aliphatic carbocycles. The molecular formula is C15H12ClFN4O. The van der Waals surface area contributed by atoms with E-state index in [9.17, 15) is 9.18 Å². The molecule has 1 aromatic heterocycles. The molecule has 0 spiro atoms. The molecule has 0 atom stereocenters. The summed E-state index contributed by atoms with van der Waals surface area (Å²) in [6.45, 7) is 2.05. The van der Waals surface area contributed by atoms with Gasteiger partial charge in [-0.1, -0.05) is 23.6 Å². The van der Waals surface area contributed by atoms with Gasteiger partial charge in [0.1, 0.15) is 17.8 Å². The standard InChI is InChI=1S/C15H12ClFN4O/c1-2-3-7-18-14-12(13(16)19-9-20-14)21-15(22)10-5-4-6-11(17)8-10/h4-6,8-9H,7H2,1H3,(H,21,22)(H,18,19,20). The van der Waals surface area contributed by atoms with Crippen LogP contribution >= 0.6 is 11.6 Å². The highest BCUT2D eigenvalue weighted by Gasteiger charge is 2.14. The van der Waals surface area contributed by atoms with Gasteiger partial charge in [-0.15, -0.1) is 5.92 Å². The number of hydrogen-bond acceptors (Lipinski definition) is 4. The zero-order chi connectivity index (χ0) is 15.9. The largest absolute Gasteiger partial charge is 0.357 e. The van der Waals surface area contributed by atoms with Gasteiger partial charge in [-0.2, -0.15) is 0 Å². The molecule has 1 amide bonds. The highest BCUT2D eigenvalue weighted by Crippen LogP contribution is 2.26. The van der Waals surface area contributed by atoms with Crippen LogP contribution < -0.4 is 10.6 Å². The molecule has 0 bridgehead atoms. The molecule has 0 fully saturated rings. The number of halogens is 2. The fraction of sp³-hybridized carbons (Fsp3) is 0.133. The molecule has 0 saturated heterocycles. The first-order chi connectivity index (χ1) is 10.6. The van der Waals surface area contributed by atoms with Gasteiger partial charge in [0.05, 0.1) is 6.54 Å². The van der Waals surface area contributed by atoms with E-state index in [4.69, 9.17) is 11.6 Å². The van der Waals surface area contributed by atoms with Crippen molar-refractivity contribution in [1.82, 2.24) is 9.97 Å². The summed E-state index contributed by atoms with van der Waals surface area (Å²) in [5.41, 5.74) is 0.385. The van der Waals surface area contributed by atoms with Crippen molar-refractivity contribution in [2.75, 3.05) is 17.2 Å². The molecule has 0 radical (unpaired) electrons. The number of benzene rings is 1. The molecule has 22 heavy (non-hydrogen) atoms. The van der Waals surface area contributed by atoms with Gasteiger partial charge in [0.25, 0.3) is 5.91 Å². The quantitative estimate of drug-likeness (QED) is 0.672. The number of carbonyl (C=O) groups is 1. The summed E-state index contributed by atoms with van der Waals surface area (Å²) in [4.78, 5) is 20.0. The first-order valence-electron chi connectivity index (χ1n) is 6.32. The zero-order valence-corrected chi connectivity index (χ0v) is 12.4. The smallest absolute Gasteiger partial charge is 0.255 e. The van der Waals surface area contributed by atoms with E-state index in [-0.39, 0.29) is 16.4 Å². The molecule has 112 valence electrons. The molecule has 2 aromatic rings. The number of carbonyl (C=O) groups excluding carboxylic acids is 1. The number of nitrogens with zero attached hydrogens (tertiary/aromatic N) is 2. The fourth-order valence-corrected chi connectivity index (χ4v) is 1.82. The minimum Gasteiger partial charge on any atom is -0.357 e. The van der Waals surface area contributed by atoms with E-state index in [1.807, 2.05) is 0 Å². The van der Waals surface area contributed by atoms with Gasteiger partial charge in [0.2, 0.25) is 0 Å². The van der Waals surface area contributed by atoms with Gasteiger partial charge in [-0.3, -0.25) is 4.79 Å². The van der Waals surface area contributed by atoms with Crippen molar-refractivity contribution in [2.24, 2.45) is 0 Å². The minimum absolute atomic E-state index is 0.0757. The molecule has 1 aromatic carbocycles. The number of amides is 1. The average molecular weight is 319 g/mol. The maximum Gasteiger partial charge on any atom is 0.255 e. The zero-order valence-electron chi connectivity index (χ0n) is 11.7. The summed E-state index contributed by atoms with van der Waals surface area (Å²) in [5.74, 6) is 4.86. The topological polar surface area (TPSA) is 66.9 Å². The van der Waals surface area contributed by atoms with Crippen molar-refractivity contribution in [2.45, 2.75) is 6.92 Å². The lowest BCUT2D eigenvalue weighted by atomic mass is 10.2. The van der Waals surface area contributed by atoms with E-state index in [1.54, 1.807) is 6.92 Å². The third-order valence-electron chi connectivity index (χ3n) is 2.65. The SMILES string of the molecule is CC#CCNc1ncnc(Cl)c1NC(=O)c1cccc(F)c1. The molecule has 2 N–H and O–H groups in total. The molecule has 7 heteroatoms. The summed E-state index contributed by atoms with van der Waals surface area (Å²) in [6, 6.07) is 5.32. The first kappa shape index (κ1) is 15.7. The number of aromatic nitrogens is 2. The monoisotopic (exact) mass is 318 g/mol.